The van der Waals surface area contributed by atoms with E-state index in [1.165, 1.54) is 24.3 Å². The SMILES string of the molecule is O=C(Nc1ccc2c(c1)OCCO2)c1cccc(S(=O)(=O)C2CCS(=O)(=O)C2)c1. The molecule has 0 bridgehead atoms. The summed E-state index contributed by atoms with van der Waals surface area (Å²) in [6.07, 6.45) is 0.0677. The minimum Gasteiger partial charge on any atom is -0.486 e. The Hall–Kier alpha value is -2.59. The second kappa shape index (κ2) is 7.34. The summed E-state index contributed by atoms with van der Waals surface area (Å²) >= 11 is 0. The Balaban J connectivity index is 1.55. The summed E-state index contributed by atoms with van der Waals surface area (Å²) in [5, 5.41) is 1.72. The maximum absolute atomic E-state index is 12.8. The van der Waals surface area contributed by atoms with E-state index in [1.54, 1.807) is 18.2 Å². The largest absolute Gasteiger partial charge is 0.486 e. The molecule has 2 heterocycles. The predicted octanol–water partition coefficient (Wildman–Crippen LogP) is 1.67. The van der Waals surface area contributed by atoms with E-state index in [2.05, 4.69) is 5.32 Å². The minimum absolute atomic E-state index is 0.0607. The zero-order valence-electron chi connectivity index (χ0n) is 15.3. The van der Waals surface area contributed by atoms with Gasteiger partial charge in [0.15, 0.2) is 31.2 Å². The second-order valence-corrected chi connectivity index (χ2v) is 11.4. The first-order valence-electron chi connectivity index (χ1n) is 9.00. The maximum atomic E-state index is 12.8. The van der Waals surface area contributed by atoms with Gasteiger partial charge in [-0.2, -0.15) is 0 Å². The Morgan fingerprint density at radius 2 is 1.79 bits per heavy atom. The van der Waals surface area contributed by atoms with Crippen molar-refractivity contribution in [3.8, 4) is 11.5 Å². The standard InChI is InChI=1S/C19H19NO7S2/c21-19(20-14-4-5-17-18(11-14)27-8-7-26-17)13-2-1-3-15(10-13)29(24,25)16-6-9-28(22,23)12-16/h1-5,10-11,16H,6-9,12H2,(H,20,21). The van der Waals surface area contributed by atoms with Crippen molar-refractivity contribution in [1.82, 2.24) is 0 Å². The van der Waals surface area contributed by atoms with Crippen LogP contribution < -0.4 is 14.8 Å². The molecule has 2 aromatic carbocycles. The van der Waals surface area contributed by atoms with Gasteiger partial charge in [0, 0.05) is 17.3 Å². The second-order valence-electron chi connectivity index (χ2n) is 6.91. The summed E-state index contributed by atoms with van der Waals surface area (Å²) in [4.78, 5) is 12.6. The fourth-order valence-electron chi connectivity index (χ4n) is 3.34. The highest BCUT2D eigenvalue weighted by Gasteiger charge is 2.38. The zero-order valence-corrected chi connectivity index (χ0v) is 17.0. The van der Waals surface area contributed by atoms with Crippen LogP contribution in [0, 0.1) is 0 Å². The molecule has 2 aromatic rings. The number of benzene rings is 2. The van der Waals surface area contributed by atoms with E-state index in [1.807, 2.05) is 0 Å². The van der Waals surface area contributed by atoms with Gasteiger partial charge in [-0.3, -0.25) is 4.79 Å². The molecule has 8 nitrogen and oxygen atoms in total. The molecule has 1 atom stereocenters. The molecule has 1 unspecified atom stereocenters. The molecule has 29 heavy (non-hydrogen) atoms. The lowest BCUT2D eigenvalue weighted by atomic mass is 10.2. The van der Waals surface area contributed by atoms with Gasteiger partial charge in [0.05, 0.1) is 21.7 Å². The molecule has 0 aromatic heterocycles. The first-order chi connectivity index (χ1) is 13.7. The third-order valence-electron chi connectivity index (χ3n) is 4.85. The molecule has 0 spiro atoms. The van der Waals surface area contributed by atoms with Crippen LogP contribution in [0.2, 0.25) is 0 Å². The Labute approximate surface area is 168 Å². The average molecular weight is 437 g/mol. The van der Waals surface area contributed by atoms with Crippen molar-refractivity contribution >= 4 is 31.3 Å². The van der Waals surface area contributed by atoms with Crippen molar-refractivity contribution in [2.45, 2.75) is 16.6 Å². The third-order valence-corrected chi connectivity index (χ3v) is 9.02. The fraction of sp³-hybridized carbons (Fsp3) is 0.316. The van der Waals surface area contributed by atoms with Crippen LogP contribution in [0.1, 0.15) is 16.8 Å². The highest BCUT2D eigenvalue weighted by Crippen LogP contribution is 2.33. The van der Waals surface area contributed by atoms with Gasteiger partial charge in [-0.1, -0.05) is 6.07 Å². The van der Waals surface area contributed by atoms with Gasteiger partial charge in [0.2, 0.25) is 0 Å². The number of fused-ring (bicyclic) bond motifs is 1. The summed E-state index contributed by atoms with van der Waals surface area (Å²) in [6, 6.07) is 10.6. The number of hydrogen-bond donors (Lipinski definition) is 1. The monoisotopic (exact) mass is 437 g/mol. The Morgan fingerprint density at radius 3 is 2.52 bits per heavy atom. The zero-order chi connectivity index (χ0) is 20.6. The molecule has 1 amide bonds. The van der Waals surface area contributed by atoms with Crippen LogP contribution in [0.4, 0.5) is 5.69 Å². The maximum Gasteiger partial charge on any atom is 0.255 e. The lowest BCUT2D eigenvalue weighted by Gasteiger charge is -2.19. The Bertz CT molecular complexity index is 1170. The predicted molar refractivity (Wildman–Crippen MR) is 106 cm³/mol. The number of ether oxygens (including phenoxy) is 2. The van der Waals surface area contributed by atoms with Crippen molar-refractivity contribution in [1.29, 1.82) is 0 Å². The van der Waals surface area contributed by atoms with Gasteiger partial charge in [-0.15, -0.1) is 0 Å². The van der Waals surface area contributed by atoms with Crippen molar-refractivity contribution in [3.05, 3.63) is 48.0 Å². The number of sulfone groups is 2. The quantitative estimate of drug-likeness (QED) is 0.773. The molecule has 154 valence electrons. The van der Waals surface area contributed by atoms with Gasteiger partial charge in [0.25, 0.3) is 5.91 Å². The van der Waals surface area contributed by atoms with E-state index in [9.17, 15) is 21.6 Å². The number of anilines is 1. The number of amides is 1. The minimum atomic E-state index is -3.85. The number of nitrogens with one attached hydrogen (secondary N) is 1. The van der Waals surface area contributed by atoms with Crippen LogP contribution in [0.3, 0.4) is 0 Å². The molecule has 10 heteroatoms. The van der Waals surface area contributed by atoms with E-state index >= 15 is 0 Å². The molecular weight excluding hydrogens is 418 g/mol. The Kier molecular flexibility index (Phi) is 4.99. The normalized spacial score (nSPS) is 20.2. The van der Waals surface area contributed by atoms with E-state index in [4.69, 9.17) is 9.47 Å². The van der Waals surface area contributed by atoms with Gasteiger partial charge in [-0.25, -0.2) is 16.8 Å². The topological polar surface area (TPSA) is 116 Å². The van der Waals surface area contributed by atoms with Gasteiger partial charge in [0.1, 0.15) is 13.2 Å². The number of carbonyl (C=O) groups excluding carboxylic acids is 1. The smallest absolute Gasteiger partial charge is 0.255 e. The number of carbonyl (C=O) groups is 1. The lowest BCUT2D eigenvalue weighted by Crippen LogP contribution is -2.23. The van der Waals surface area contributed by atoms with E-state index in [0.29, 0.717) is 30.4 Å². The van der Waals surface area contributed by atoms with Crippen LogP contribution in [-0.2, 0) is 19.7 Å². The molecule has 0 saturated carbocycles. The third kappa shape index (κ3) is 4.08. The van der Waals surface area contributed by atoms with E-state index < -0.39 is 30.8 Å². The average Bonchev–Trinajstić information content (AvgIpc) is 3.08. The lowest BCUT2D eigenvalue weighted by molar-refractivity contribution is 0.102. The van der Waals surface area contributed by atoms with Crippen LogP contribution >= 0.6 is 0 Å². The van der Waals surface area contributed by atoms with Crippen molar-refractivity contribution in [2.24, 2.45) is 0 Å². The summed E-state index contributed by atoms with van der Waals surface area (Å²) in [5.41, 5.74) is 0.635. The fourth-order valence-corrected chi connectivity index (χ4v) is 7.74. The van der Waals surface area contributed by atoms with E-state index in [-0.39, 0.29) is 28.4 Å². The molecule has 1 fully saturated rings. The molecule has 2 aliphatic heterocycles. The highest BCUT2D eigenvalue weighted by molar-refractivity contribution is 7.96. The van der Waals surface area contributed by atoms with Crippen molar-refractivity contribution in [2.75, 3.05) is 30.0 Å². The summed E-state index contributed by atoms with van der Waals surface area (Å²) in [7, 11) is -7.19. The Morgan fingerprint density at radius 1 is 1.03 bits per heavy atom. The van der Waals surface area contributed by atoms with Crippen LogP contribution in [0.5, 0.6) is 11.5 Å². The van der Waals surface area contributed by atoms with Gasteiger partial charge >= 0.3 is 0 Å². The van der Waals surface area contributed by atoms with Crippen LogP contribution in [0.25, 0.3) is 0 Å². The van der Waals surface area contributed by atoms with Crippen LogP contribution in [-0.4, -0.2) is 52.7 Å². The molecule has 1 N–H and O–H groups in total. The van der Waals surface area contributed by atoms with E-state index in [0.717, 1.165) is 0 Å². The van der Waals surface area contributed by atoms with Crippen molar-refractivity contribution in [3.63, 3.8) is 0 Å². The molecule has 0 aliphatic carbocycles. The first-order valence-corrected chi connectivity index (χ1v) is 12.4. The highest BCUT2D eigenvalue weighted by atomic mass is 32.2. The first kappa shape index (κ1) is 19.7. The number of rotatable bonds is 4. The molecule has 2 aliphatic rings. The number of hydrogen-bond acceptors (Lipinski definition) is 7. The molecule has 1 saturated heterocycles. The summed E-state index contributed by atoms with van der Waals surface area (Å²) in [5.74, 6) is 0.101. The van der Waals surface area contributed by atoms with Gasteiger partial charge < -0.3 is 14.8 Å². The van der Waals surface area contributed by atoms with Crippen LogP contribution in [0.15, 0.2) is 47.4 Å². The molecule has 0 radical (unpaired) electrons. The van der Waals surface area contributed by atoms with Gasteiger partial charge in [-0.05, 0) is 36.8 Å². The molecule has 4 rings (SSSR count). The molecular formula is C19H19NO7S2. The van der Waals surface area contributed by atoms with Crippen molar-refractivity contribution < 1.29 is 31.1 Å². The summed E-state index contributed by atoms with van der Waals surface area (Å²) in [6.45, 7) is 0.878. The summed E-state index contributed by atoms with van der Waals surface area (Å²) < 4.78 is 59.8.